The van der Waals surface area contributed by atoms with Crippen molar-refractivity contribution in [3.63, 3.8) is 0 Å². The minimum absolute atomic E-state index is 0.167. The number of methoxy groups -OCH3 is 1. The van der Waals surface area contributed by atoms with Crippen molar-refractivity contribution in [1.29, 1.82) is 0 Å². The van der Waals surface area contributed by atoms with E-state index in [2.05, 4.69) is 17.1 Å². The maximum absolute atomic E-state index is 11.5. The van der Waals surface area contributed by atoms with E-state index >= 15 is 0 Å². The van der Waals surface area contributed by atoms with Crippen LogP contribution in [0.2, 0.25) is 0 Å². The Labute approximate surface area is 98.3 Å². The lowest BCUT2D eigenvalue weighted by atomic mass is 10.2. The lowest BCUT2D eigenvalue weighted by Gasteiger charge is -2.25. The van der Waals surface area contributed by atoms with Gasteiger partial charge in [-0.25, -0.2) is 0 Å². The molecule has 1 unspecified atom stereocenters. The number of nitrogens with zero attached hydrogens (tertiary/aromatic N) is 1. The zero-order chi connectivity index (χ0) is 12.0. The first-order valence-corrected chi connectivity index (χ1v) is 6.18. The van der Waals surface area contributed by atoms with E-state index < -0.39 is 0 Å². The quantitative estimate of drug-likeness (QED) is 0.626. The Bertz CT molecular complexity index is 217. The zero-order valence-corrected chi connectivity index (χ0v) is 10.7. The van der Waals surface area contributed by atoms with Gasteiger partial charge in [0.05, 0.1) is 7.11 Å². The van der Waals surface area contributed by atoms with Gasteiger partial charge in [0.15, 0.2) is 0 Å². The monoisotopic (exact) mass is 228 g/mol. The van der Waals surface area contributed by atoms with Gasteiger partial charge in [-0.15, -0.1) is 0 Å². The molecule has 1 N–H and O–H groups in total. The Kier molecular flexibility index (Phi) is 5.77. The van der Waals surface area contributed by atoms with Crippen molar-refractivity contribution < 1.29 is 9.53 Å². The summed E-state index contributed by atoms with van der Waals surface area (Å²) in [6, 6.07) is -0.199. The first kappa shape index (κ1) is 13.5. The average molecular weight is 228 g/mol. The molecule has 0 saturated heterocycles. The normalized spacial score (nSPS) is 17.5. The first-order chi connectivity index (χ1) is 7.71. The summed E-state index contributed by atoms with van der Waals surface area (Å²) in [6.45, 7) is 5.12. The number of carbonyl (C=O) groups is 1. The molecule has 0 radical (unpaired) electrons. The van der Waals surface area contributed by atoms with Crippen LogP contribution in [0, 0.1) is 5.92 Å². The number of hydrogen-bond acceptors (Lipinski definition) is 4. The molecule has 1 rings (SSSR count). The van der Waals surface area contributed by atoms with Crippen LogP contribution in [0.3, 0.4) is 0 Å². The number of nitrogens with one attached hydrogen (secondary N) is 1. The predicted molar refractivity (Wildman–Crippen MR) is 64.3 cm³/mol. The molecule has 4 heteroatoms. The Hall–Kier alpha value is -0.610. The Morgan fingerprint density at radius 2 is 2.25 bits per heavy atom. The molecular weight excluding hydrogens is 204 g/mol. The maximum Gasteiger partial charge on any atom is 0.324 e. The van der Waals surface area contributed by atoms with E-state index in [1.165, 1.54) is 20.0 Å². The Morgan fingerprint density at radius 3 is 2.69 bits per heavy atom. The van der Waals surface area contributed by atoms with Gasteiger partial charge in [-0.05, 0) is 38.8 Å². The van der Waals surface area contributed by atoms with Gasteiger partial charge in [-0.1, -0.05) is 6.92 Å². The molecule has 0 heterocycles. The van der Waals surface area contributed by atoms with E-state index in [9.17, 15) is 4.79 Å². The van der Waals surface area contributed by atoms with Crippen molar-refractivity contribution in [2.45, 2.75) is 32.2 Å². The topological polar surface area (TPSA) is 41.6 Å². The van der Waals surface area contributed by atoms with Crippen LogP contribution in [0.1, 0.15) is 26.2 Å². The summed E-state index contributed by atoms with van der Waals surface area (Å²) in [5, 5.41) is 3.02. The van der Waals surface area contributed by atoms with Gasteiger partial charge in [-0.3, -0.25) is 4.79 Å². The van der Waals surface area contributed by atoms with E-state index in [0.717, 1.165) is 32.0 Å². The first-order valence-electron chi connectivity index (χ1n) is 6.18. The van der Waals surface area contributed by atoms with E-state index in [-0.39, 0.29) is 12.0 Å². The van der Waals surface area contributed by atoms with Crippen LogP contribution in [0.5, 0.6) is 0 Å². The van der Waals surface area contributed by atoms with E-state index in [1.807, 2.05) is 7.05 Å². The molecular formula is C12H24N2O2. The van der Waals surface area contributed by atoms with E-state index in [1.54, 1.807) is 0 Å². The van der Waals surface area contributed by atoms with Gasteiger partial charge in [0.2, 0.25) is 0 Å². The molecule has 1 aliphatic carbocycles. The number of hydrogen-bond donors (Lipinski definition) is 1. The van der Waals surface area contributed by atoms with Crippen LogP contribution in [-0.2, 0) is 9.53 Å². The lowest BCUT2D eigenvalue weighted by Crippen LogP contribution is -2.46. The lowest BCUT2D eigenvalue weighted by molar-refractivity contribution is -0.143. The van der Waals surface area contributed by atoms with E-state index in [4.69, 9.17) is 4.74 Å². The number of rotatable bonds is 8. The number of ether oxygens (including phenoxy) is 1. The van der Waals surface area contributed by atoms with Gasteiger partial charge < -0.3 is 15.0 Å². The fraction of sp³-hybridized carbons (Fsp3) is 0.917. The second-order valence-electron chi connectivity index (χ2n) is 4.57. The minimum Gasteiger partial charge on any atom is -0.468 e. The molecule has 1 atom stereocenters. The molecule has 1 saturated carbocycles. The third-order valence-corrected chi connectivity index (χ3v) is 3.03. The third kappa shape index (κ3) is 4.49. The van der Waals surface area contributed by atoms with Crippen molar-refractivity contribution in [1.82, 2.24) is 10.2 Å². The van der Waals surface area contributed by atoms with Gasteiger partial charge >= 0.3 is 5.97 Å². The molecule has 1 aliphatic rings. The molecule has 0 amide bonds. The highest BCUT2D eigenvalue weighted by molar-refractivity contribution is 5.75. The number of carbonyl (C=O) groups excluding carboxylic acids is 1. The highest BCUT2D eigenvalue weighted by Gasteiger charge is 2.27. The van der Waals surface area contributed by atoms with Gasteiger partial charge in [0.25, 0.3) is 0 Å². The number of likely N-dealkylation sites (N-methyl/N-ethyl adjacent to an activating group) is 1. The number of esters is 1. The van der Waals surface area contributed by atoms with Crippen molar-refractivity contribution in [3.05, 3.63) is 0 Å². The van der Waals surface area contributed by atoms with Crippen LogP contribution in [0.25, 0.3) is 0 Å². The largest absolute Gasteiger partial charge is 0.468 e. The van der Waals surface area contributed by atoms with Crippen LogP contribution >= 0.6 is 0 Å². The zero-order valence-electron chi connectivity index (χ0n) is 10.7. The molecule has 0 aliphatic heterocycles. The van der Waals surface area contributed by atoms with Crippen LogP contribution < -0.4 is 5.32 Å². The summed E-state index contributed by atoms with van der Waals surface area (Å²) in [6.07, 6.45) is 3.83. The molecule has 0 aromatic heterocycles. The summed E-state index contributed by atoms with van der Waals surface area (Å²) in [5.74, 6) is 0.695. The second kappa shape index (κ2) is 6.86. The van der Waals surface area contributed by atoms with Crippen molar-refractivity contribution in [2.75, 3.05) is 33.8 Å². The van der Waals surface area contributed by atoms with Crippen LogP contribution in [0.4, 0.5) is 0 Å². The van der Waals surface area contributed by atoms with Crippen LogP contribution in [0.15, 0.2) is 0 Å². The summed E-state index contributed by atoms with van der Waals surface area (Å²) in [5.41, 5.74) is 0. The van der Waals surface area contributed by atoms with Crippen molar-refractivity contribution in [2.24, 2.45) is 5.92 Å². The van der Waals surface area contributed by atoms with Gasteiger partial charge in [0, 0.05) is 13.1 Å². The summed E-state index contributed by atoms with van der Waals surface area (Å²) in [7, 11) is 3.25. The SMILES string of the molecule is CCCN(CC1CC1)CC(NC)C(=O)OC. The summed E-state index contributed by atoms with van der Waals surface area (Å²) in [4.78, 5) is 13.8. The summed E-state index contributed by atoms with van der Waals surface area (Å²) < 4.78 is 4.77. The van der Waals surface area contributed by atoms with Gasteiger partial charge in [-0.2, -0.15) is 0 Å². The molecule has 1 fully saturated rings. The van der Waals surface area contributed by atoms with Gasteiger partial charge in [0.1, 0.15) is 6.04 Å². The highest BCUT2D eigenvalue weighted by atomic mass is 16.5. The smallest absolute Gasteiger partial charge is 0.324 e. The fourth-order valence-electron chi connectivity index (χ4n) is 1.92. The minimum atomic E-state index is -0.199. The molecule has 4 nitrogen and oxygen atoms in total. The molecule has 0 aromatic rings. The van der Waals surface area contributed by atoms with Crippen molar-refractivity contribution >= 4 is 5.97 Å². The van der Waals surface area contributed by atoms with Crippen molar-refractivity contribution in [3.8, 4) is 0 Å². The fourth-order valence-corrected chi connectivity index (χ4v) is 1.92. The van der Waals surface area contributed by atoms with E-state index in [0.29, 0.717) is 0 Å². The third-order valence-electron chi connectivity index (χ3n) is 3.03. The molecule has 0 spiro atoms. The molecule has 94 valence electrons. The standard InChI is InChI=1S/C12H24N2O2/c1-4-7-14(8-10-5-6-10)9-11(13-2)12(15)16-3/h10-11,13H,4-9H2,1-3H3. The predicted octanol–water partition coefficient (Wildman–Crippen LogP) is 0.869. The second-order valence-corrected chi connectivity index (χ2v) is 4.57. The molecule has 0 bridgehead atoms. The van der Waals surface area contributed by atoms with Crippen LogP contribution in [-0.4, -0.2) is 50.7 Å². The highest BCUT2D eigenvalue weighted by Crippen LogP contribution is 2.29. The Balaban J connectivity index is 2.39. The Morgan fingerprint density at radius 1 is 1.56 bits per heavy atom. The molecule has 0 aromatic carbocycles. The maximum atomic E-state index is 11.5. The average Bonchev–Trinajstić information content (AvgIpc) is 3.08. The summed E-state index contributed by atoms with van der Waals surface area (Å²) >= 11 is 0. The molecule has 16 heavy (non-hydrogen) atoms.